The van der Waals surface area contributed by atoms with Gasteiger partial charge in [-0.25, -0.2) is 19.7 Å². The van der Waals surface area contributed by atoms with E-state index in [2.05, 4.69) is 15.2 Å². The predicted octanol–water partition coefficient (Wildman–Crippen LogP) is 4.06. The minimum absolute atomic E-state index is 0.0927. The zero-order chi connectivity index (χ0) is 28.4. The van der Waals surface area contributed by atoms with Crippen LogP contribution in [0.15, 0.2) is 47.0 Å². The van der Waals surface area contributed by atoms with Crippen molar-refractivity contribution < 1.29 is 33.0 Å². The summed E-state index contributed by atoms with van der Waals surface area (Å²) < 4.78 is 22.2. The molecule has 0 saturated carbocycles. The standard InChI is InChI=1S/C29H31N5O7/c35-15-3-1-10-23(36)30-11-2-4-16-39-29(37)40-21-8-5-7-20(19-21)26-32-24-22-9-6-12-31-28(22)41-25(24)27(33-26)34-13-17-38-18-14-34/h5-9,12,15,19H,1-4,10-11,13-14,16-18H2,(H,30,36). The molecular weight excluding hydrogens is 530 g/mol. The van der Waals surface area contributed by atoms with Crippen LogP contribution >= 0.6 is 0 Å². The van der Waals surface area contributed by atoms with Gasteiger partial charge in [-0.05, 0) is 43.5 Å². The number of pyridine rings is 1. The highest BCUT2D eigenvalue weighted by molar-refractivity contribution is 6.05. The number of anilines is 1. The van der Waals surface area contributed by atoms with E-state index in [4.69, 9.17) is 28.6 Å². The van der Waals surface area contributed by atoms with Crippen LogP contribution in [0.2, 0.25) is 0 Å². The number of aldehydes is 1. The Balaban J connectivity index is 1.22. The van der Waals surface area contributed by atoms with Crippen LogP contribution in [0.1, 0.15) is 32.1 Å². The van der Waals surface area contributed by atoms with Gasteiger partial charge in [-0.2, -0.15) is 0 Å². The summed E-state index contributed by atoms with van der Waals surface area (Å²) in [6, 6.07) is 10.7. The topological polar surface area (TPSA) is 146 Å². The number of fused-ring (bicyclic) bond motifs is 3. The smallest absolute Gasteiger partial charge is 0.434 e. The number of carbonyl (C=O) groups excluding carboxylic acids is 3. The molecule has 4 aromatic rings. The second-order valence-electron chi connectivity index (χ2n) is 9.45. The number of amides is 1. The zero-order valence-corrected chi connectivity index (χ0v) is 22.5. The van der Waals surface area contributed by atoms with E-state index >= 15 is 0 Å². The van der Waals surface area contributed by atoms with Gasteiger partial charge in [0.05, 0.1) is 25.2 Å². The Hall–Kier alpha value is -4.58. The predicted molar refractivity (Wildman–Crippen MR) is 150 cm³/mol. The lowest BCUT2D eigenvalue weighted by atomic mass is 10.2. The lowest BCUT2D eigenvalue weighted by Gasteiger charge is -2.27. The number of nitrogens with zero attached hydrogens (tertiary/aromatic N) is 4. The molecule has 0 bridgehead atoms. The quantitative estimate of drug-likeness (QED) is 0.116. The van der Waals surface area contributed by atoms with Crippen LogP contribution in [0.3, 0.4) is 0 Å². The highest BCUT2D eigenvalue weighted by Gasteiger charge is 2.23. The number of aromatic nitrogens is 3. The minimum Gasteiger partial charge on any atom is -0.434 e. The Morgan fingerprint density at radius 2 is 1.95 bits per heavy atom. The van der Waals surface area contributed by atoms with Gasteiger partial charge in [0.15, 0.2) is 17.2 Å². The first-order valence-electron chi connectivity index (χ1n) is 13.7. The molecule has 0 spiro atoms. The molecule has 1 aliphatic heterocycles. The van der Waals surface area contributed by atoms with E-state index in [0.29, 0.717) is 105 Å². The maximum absolute atomic E-state index is 12.3. The summed E-state index contributed by atoms with van der Waals surface area (Å²) >= 11 is 0. The fourth-order valence-electron chi connectivity index (χ4n) is 4.45. The van der Waals surface area contributed by atoms with E-state index in [1.54, 1.807) is 24.4 Å². The summed E-state index contributed by atoms with van der Waals surface area (Å²) in [6.45, 7) is 3.13. The number of nitrogens with one attached hydrogen (secondary N) is 1. The number of morpholine rings is 1. The molecule has 3 aromatic heterocycles. The Morgan fingerprint density at radius 3 is 2.80 bits per heavy atom. The van der Waals surface area contributed by atoms with Gasteiger partial charge >= 0.3 is 6.16 Å². The average molecular weight is 562 g/mol. The van der Waals surface area contributed by atoms with Gasteiger partial charge in [-0.1, -0.05) is 12.1 Å². The molecule has 0 aliphatic carbocycles. The first-order valence-corrected chi connectivity index (χ1v) is 13.7. The summed E-state index contributed by atoms with van der Waals surface area (Å²) in [5.74, 6) is 1.32. The summed E-state index contributed by atoms with van der Waals surface area (Å²) in [5.41, 5.74) is 2.37. The van der Waals surface area contributed by atoms with E-state index in [1.807, 2.05) is 18.2 Å². The second kappa shape index (κ2) is 13.7. The maximum Gasteiger partial charge on any atom is 0.513 e. The van der Waals surface area contributed by atoms with Gasteiger partial charge in [0.2, 0.25) is 11.6 Å². The van der Waals surface area contributed by atoms with E-state index in [1.165, 1.54) is 0 Å². The fourth-order valence-corrected chi connectivity index (χ4v) is 4.45. The van der Waals surface area contributed by atoms with E-state index in [9.17, 15) is 14.4 Å². The molecule has 1 saturated heterocycles. The molecule has 4 heterocycles. The number of carbonyl (C=O) groups is 3. The van der Waals surface area contributed by atoms with Gasteiger partial charge in [0.1, 0.15) is 17.6 Å². The van der Waals surface area contributed by atoms with Crippen molar-refractivity contribution in [1.82, 2.24) is 20.3 Å². The van der Waals surface area contributed by atoms with E-state index in [-0.39, 0.29) is 12.5 Å². The molecule has 12 nitrogen and oxygen atoms in total. The maximum atomic E-state index is 12.3. The molecule has 12 heteroatoms. The van der Waals surface area contributed by atoms with Crippen LogP contribution in [0.4, 0.5) is 10.6 Å². The highest BCUT2D eigenvalue weighted by Crippen LogP contribution is 2.34. The van der Waals surface area contributed by atoms with Gasteiger partial charge in [-0.3, -0.25) is 4.79 Å². The van der Waals surface area contributed by atoms with Gasteiger partial charge < -0.3 is 33.6 Å². The largest absolute Gasteiger partial charge is 0.513 e. The molecule has 41 heavy (non-hydrogen) atoms. The van der Waals surface area contributed by atoms with Crippen LogP contribution < -0.4 is 15.0 Å². The third-order valence-corrected chi connectivity index (χ3v) is 6.52. The number of hydrogen-bond acceptors (Lipinski definition) is 11. The second-order valence-corrected chi connectivity index (χ2v) is 9.45. The van der Waals surface area contributed by atoms with Crippen molar-refractivity contribution in [2.75, 3.05) is 44.4 Å². The Labute approximate surface area is 236 Å². The van der Waals surface area contributed by atoms with Gasteiger partial charge in [0.25, 0.3) is 0 Å². The summed E-state index contributed by atoms with van der Waals surface area (Å²) in [7, 11) is 0. The van der Waals surface area contributed by atoms with Crippen molar-refractivity contribution in [1.29, 1.82) is 0 Å². The Morgan fingerprint density at radius 1 is 1.07 bits per heavy atom. The van der Waals surface area contributed by atoms with Gasteiger partial charge in [0, 0.05) is 44.2 Å². The molecule has 1 amide bonds. The summed E-state index contributed by atoms with van der Waals surface area (Å²) in [5, 5.41) is 3.56. The number of hydrogen-bond donors (Lipinski definition) is 1. The third-order valence-electron chi connectivity index (χ3n) is 6.52. The number of ether oxygens (including phenoxy) is 3. The molecule has 1 N–H and O–H groups in total. The monoisotopic (exact) mass is 561 g/mol. The van der Waals surface area contributed by atoms with Crippen LogP contribution in [0, 0.1) is 0 Å². The van der Waals surface area contributed by atoms with Crippen LogP contribution in [-0.2, 0) is 19.1 Å². The number of rotatable bonds is 12. The van der Waals surface area contributed by atoms with Crippen molar-refractivity contribution in [2.24, 2.45) is 0 Å². The van der Waals surface area contributed by atoms with E-state index < -0.39 is 6.16 Å². The van der Waals surface area contributed by atoms with Crippen molar-refractivity contribution >= 4 is 46.4 Å². The van der Waals surface area contributed by atoms with Crippen molar-refractivity contribution in [3.63, 3.8) is 0 Å². The molecule has 1 aliphatic rings. The molecule has 1 fully saturated rings. The van der Waals surface area contributed by atoms with Crippen molar-refractivity contribution in [2.45, 2.75) is 32.1 Å². The number of unbranched alkanes of at least 4 members (excludes halogenated alkanes) is 2. The summed E-state index contributed by atoms with van der Waals surface area (Å²) in [4.78, 5) is 50.3. The molecule has 0 atom stereocenters. The SMILES string of the molecule is O=CCCCC(=O)NCCCCOC(=O)Oc1cccc(-c2nc(N3CCOCC3)c3oc4ncccc4c3n2)c1. The molecule has 0 unspecified atom stereocenters. The van der Waals surface area contributed by atoms with Gasteiger partial charge in [-0.15, -0.1) is 0 Å². The molecular formula is C29H31N5O7. The zero-order valence-electron chi connectivity index (χ0n) is 22.5. The lowest BCUT2D eigenvalue weighted by Crippen LogP contribution is -2.37. The van der Waals surface area contributed by atoms with Crippen LogP contribution in [0.5, 0.6) is 5.75 Å². The molecule has 5 rings (SSSR count). The van der Waals surface area contributed by atoms with Crippen molar-refractivity contribution in [3.8, 4) is 17.1 Å². The number of furan rings is 1. The van der Waals surface area contributed by atoms with Crippen LogP contribution in [0.25, 0.3) is 33.6 Å². The Bertz CT molecular complexity index is 1520. The molecule has 214 valence electrons. The first kappa shape index (κ1) is 28.0. The summed E-state index contributed by atoms with van der Waals surface area (Å²) in [6.07, 6.45) is 4.10. The van der Waals surface area contributed by atoms with Crippen molar-refractivity contribution in [3.05, 3.63) is 42.6 Å². The Kier molecular flexibility index (Phi) is 9.32. The highest BCUT2D eigenvalue weighted by atomic mass is 16.7. The normalized spacial score (nSPS) is 13.3. The minimum atomic E-state index is -0.822. The number of benzene rings is 1. The third kappa shape index (κ3) is 7.14. The molecule has 0 radical (unpaired) electrons. The average Bonchev–Trinajstić information content (AvgIpc) is 3.38. The first-order chi connectivity index (χ1) is 20.1. The fraction of sp³-hybridized carbons (Fsp3) is 0.379. The lowest BCUT2D eigenvalue weighted by molar-refractivity contribution is -0.121. The molecule has 1 aromatic carbocycles. The van der Waals surface area contributed by atoms with Crippen LogP contribution in [-0.4, -0.2) is 72.8 Å². The van der Waals surface area contributed by atoms with E-state index in [0.717, 1.165) is 11.7 Å².